The molecular weight excluding hydrogens is 366 g/mol. The Morgan fingerprint density at radius 2 is 1.76 bits per heavy atom. The molecule has 0 atom stereocenters. The minimum absolute atomic E-state index is 0.276. The largest absolute Gasteiger partial charge is 0.467 e. The van der Waals surface area contributed by atoms with Gasteiger partial charge in [0.15, 0.2) is 5.82 Å². The van der Waals surface area contributed by atoms with Gasteiger partial charge in [0.05, 0.1) is 12.8 Å². The van der Waals surface area contributed by atoms with Gasteiger partial charge in [-0.15, -0.1) is 0 Å². The molecule has 3 heterocycles. The summed E-state index contributed by atoms with van der Waals surface area (Å²) in [7, 11) is 0. The lowest BCUT2D eigenvalue weighted by Gasteiger charge is -2.10. The van der Waals surface area contributed by atoms with Crippen molar-refractivity contribution in [3.05, 3.63) is 96.3 Å². The average Bonchev–Trinajstić information content (AvgIpc) is 3.31. The van der Waals surface area contributed by atoms with E-state index in [1.165, 1.54) is 0 Å². The number of hydrogen-bond donors (Lipinski definition) is 2. The molecule has 144 valence electrons. The number of aromatic nitrogens is 3. The van der Waals surface area contributed by atoms with Gasteiger partial charge in [0.1, 0.15) is 17.3 Å². The Balaban J connectivity index is 1.57. The van der Waals surface area contributed by atoms with Crippen molar-refractivity contribution < 1.29 is 9.21 Å². The minimum Gasteiger partial charge on any atom is -0.467 e. The van der Waals surface area contributed by atoms with Crippen LogP contribution in [0.1, 0.15) is 21.8 Å². The molecule has 2 N–H and O–H groups in total. The zero-order chi connectivity index (χ0) is 19.9. The van der Waals surface area contributed by atoms with Crippen molar-refractivity contribution in [1.29, 1.82) is 0 Å². The van der Waals surface area contributed by atoms with Gasteiger partial charge < -0.3 is 15.1 Å². The highest BCUT2D eigenvalue weighted by Crippen LogP contribution is 2.18. The highest BCUT2D eigenvalue weighted by Gasteiger charge is 2.13. The highest BCUT2D eigenvalue weighted by molar-refractivity contribution is 5.93. The molecule has 0 aliphatic rings. The van der Waals surface area contributed by atoms with Crippen molar-refractivity contribution in [2.24, 2.45) is 0 Å². The van der Waals surface area contributed by atoms with Crippen molar-refractivity contribution in [2.45, 2.75) is 13.1 Å². The topological polar surface area (TPSA) is 92.9 Å². The van der Waals surface area contributed by atoms with Gasteiger partial charge in [-0.1, -0.05) is 30.3 Å². The first kappa shape index (κ1) is 18.4. The maximum Gasteiger partial charge on any atom is 0.270 e. The number of nitrogens with one attached hydrogen (secondary N) is 2. The quantitative estimate of drug-likeness (QED) is 0.504. The normalized spacial score (nSPS) is 10.5. The molecule has 29 heavy (non-hydrogen) atoms. The van der Waals surface area contributed by atoms with Crippen LogP contribution >= 0.6 is 0 Å². The lowest BCUT2D eigenvalue weighted by Crippen LogP contribution is -2.24. The second-order valence-electron chi connectivity index (χ2n) is 6.30. The summed E-state index contributed by atoms with van der Waals surface area (Å²) in [5, 5.41) is 6.08. The molecule has 0 bridgehead atoms. The Kier molecular flexibility index (Phi) is 5.57. The number of rotatable bonds is 7. The first-order chi connectivity index (χ1) is 14.3. The second kappa shape index (κ2) is 8.79. The molecule has 0 fully saturated rings. The number of pyridine rings is 1. The van der Waals surface area contributed by atoms with Crippen molar-refractivity contribution in [1.82, 2.24) is 20.3 Å². The molecule has 0 radical (unpaired) electrons. The monoisotopic (exact) mass is 385 g/mol. The number of carbonyl (C=O) groups excluding carboxylic acids is 1. The van der Waals surface area contributed by atoms with E-state index in [2.05, 4.69) is 25.6 Å². The maximum absolute atomic E-state index is 12.7. The number of benzene rings is 1. The van der Waals surface area contributed by atoms with Crippen molar-refractivity contribution in [3.8, 4) is 11.4 Å². The fourth-order valence-corrected chi connectivity index (χ4v) is 2.73. The van der Waals surface area contributed by atoms with Gasteiger partial charge in [-0.05, 0) is 29.8 Å². The van der Waals surface area contributed by atoms with Crippen LogP contribution in [0.25, 0.3) is 11.4 Å². The van der Waals surface area contributed by atoms with E-state index in [0.29, 0.717) is 24.7 Å². The Morgan fingerprint density at radius 3 is 2.52 bits per heavy atom. The van der Waals surface area contributed by atoms with Crippen LogP contribution in [0.3, 0.4) is 0 Å². The van der Waals surface area contributed by atoms with Crippen molar-refractivity contribution in [3.63, 3.8) is 0 Å². The molecule has 4 aromatic rings. The minimum atomic E-state index is -0.276. The van der Waals surface area contributed by atoms with Crippen LogP contribution in [-0.2, 0) is 13.1 Å². The molecular formula is C22H19N5O2. The van der Waals surface area contributed by atoms with E-state index < -0.39 is 0 Å². The summed E-state index contributed by atoms with van der Waals surface area (Å²) >= 11 is 0. The smallest absolute Gasteiger partial charge is 0.270 e. The fourth-order valence-electron chi connectivity index (χ4n) is 2.73. The Morgan fingerprint density at radius 1 is 0.931 bits per heavy atom. The fraction of sp³-hybridized carbons (Fsp3) is 0.0909. The van der Waals surface area contributed by atoms with Crippen LogP contribution in [0.2, 0.25) is 0 Å². The molecule has 0 spiro atoms. The summed E-state index contributed by atoms with van der Waals surface area (Å²) in [6, 6.07) is 18.6. The van der Waals surface area contributed by atoms with E-state index in [0.717, 1.165) is 16.9 Å². The summed E-state index contributed by atoms with van der Waals surface area (Å²) in [5.41, 5.74) is 2.08. The maximum atomic E-state index is 12.7. The summed E-state index contributed by atoms with van der Waals surface area (Å²) in [5.74, 6) is 1.52. The summed E-state index contributed by atoms with van der Waals surface area (Å²) in [6.07, 6.45) is 5.00. The van der Waals surface area contributed by atoms with Gasteiger partial charge in [-0.3, -0.25) is 9.78 Å². The first-order valence-corrected chi connectivity index (χ1v) is 9.16. The third-order valence-electron chi connectivity index (χ3n) is 4.22. The third kappa shape index (κ3) is 4.84. The van der Waals surface area contributed by atoms with Crippen LogP contribution in [0, 0.1) is 0 Å². The Hall–Kier alpha value is -4.00. The molecule has 7 nitrogen and oxygen atoms in total. The van der Waals surface area contributed by atoms with E-state index in [4.69, 9.17) is 4.42 Å². The van der Waals surface area contributed by atoms with Gasteiger partial charge in [-0.25, -0.2) is 9.97 Å². The van der Waals surface area contributed by atoms with E-state index in [1.807, 2.05) is 54.6 Å². The highest BCUT2D eigenvalue weighted by atomic mass is 16.3. The molecule has 0 saturated heterocycles. The van der Waals surface area contributed by atoms with Crippen molar-refractivity contribution >= 4 is 11.7 Å². The van der Waals surface area contributed by atoms with Gasteiger partial charge in [0.25, 0.3) is 5.91 Å². The SMILES string of the molecule is O=C(NCc1ccncc1)c1cc(NCc2ccco2)nc(-c2ccccc2)n1. The lowest BCUT2D eigenvalue weighted by molar-refractivity contribution is 0.0946. The van der Waals surface area contributed by atoms with E-state index in [1.54, 1.807) is 24.7 Å². The number of anilines is 1. The number of carbonyl (C=O) groups is 1. The standard InChI is InChI=1S/C22H19N5O2/c28-22(25-14-16-8-10-23-11-9-16)19-13-20(24-15-18-7-4-12-29-18)27-21(26-19)17-5-2-1-3-6-17/h1-13H,14-15H2,(H,25,28)(H,24,26,27). The van der Waals surface area contributed by atoms with E-state index >= 15 is 0 Å². The van der Waals surface area contributed by atoms with Crippen LogP contribution in [-0.4, -0.2) is 20.9 Å². The Bertz CT molecular complexity index is 1070. The molecule has 0 aliphatic carbocycles. The number of nitrogens with zero attached hydrogens (tertiary/aromatic N) is 3. The van der Waals surface area contributed by atoms with Gasteiger partial charge in [0.2, 0.25) is 0 Å². The zero-order valence-corrected chi connectivity index (χ0v) is 15.6. The van der Waals surface area contributed by atoms with E-state index in [-0.39, 0.29) is 11.6 Å². The third-order valence-corrected chi connectivity index (χ3v) is 4.22. The van der Waals surface area contributed by atoms with Crippen LogP contribution in [0.15, 0.2) is 83.7 Å². The van der Waals surface area contributed by atoms with Crippen LogP contribution < -0.4 is 10.6 Å². The number of amides is 1. The van der Waals surface area contributed by atoms with E-state index in [9.17, 15) is 4.79 Å². The summed E-state index contributed by atoms with van der Waals surface area (Å²) in [4.78, 5) is 25.7. The lowest BCUT2D eigenvalue weighted by atomic mass is 10.2. The van der Waals surface area contributed by atoms with Gasteiger partial charge in [0, 0.05) is 30.6 Å². The summed E-state index contributed by atoms with van der Waals surface area (Å²) in [6.45, 7) is 0.845. The molecule has 0 aliphatic heterocycles. The van der Waals surface area contributed by atoms with Gasteiger partial charge >= 0.3 is 0 Å². The van der Waals surface area contributed by atoms with Gasteiger partial charge in [-0.2, -0.15) is 0 Å². The van der Waals surface area contributed by atoms with Crippen molar-refractivity contribution in [2.75, 3.05) is 5.32 Å². The number of furan rings is 1. The summed E-state index contributed by atoms with van der Waals surface area (Å²) < 4.78 is 5.35. The number of hydrogen-bond acceptors (Lipinski definition) is 6. The average molecular weight is 385 g/mol. The second-order valence-corrected chi connectivity index (χ2v) is 6.30. The molecule has 1 aromatic carbocycles. The molecule has 1 amide bonds. The van der Waals surface area contributed by atoms with Crippen LogP contribution in [0.4, 0.5) is 5.82 Å². The Labute approximate surface area is 167 Å². The predicted molar refractivity (Wildman–Crippen MR) is 109 cm³/mol. The molecule has 3 aromatic heterocycles. The zero-order valence-electron chi connectivity index (χ0n) is 15.6. The molecule has 0 unspecified atom stereocenters. The first-order valence-electron chi connectivity index (χ1n) is 9.16. The predicted octanol–water partition coefficient (Wildman–Crippen LogP) is 3.67. The van der Waals surface area contributed by atoms with Crippen LogP contribution in [0.5, 0.6) is 0 Å². The molecule has 0 saturated carbocycles. The molecule has 7 heteroatoms. The molecule has 4 rings (SSSR count).